The van der Waals surface area contributed by atoms with Crippen LogP contribution in [0, 0.1) is 0 Å². The van der Waals surface area contributed by atoms with E-state index >= 15 is 0 Å². The summed E-state index contributed by atoms with van der Waals surface area (Å²) in [4.78, 5) is 27.3. The van der Waals surface area contributed by atoms with Crippen molar-refractivity contribution >= 4 is 28.4 Å². The highest BCUT2D eigenvalue weighted by Gasteiger charge is 2.08. The van der Waals surface area contributed by atoms with Crippen LogP contribution < -0.4 is 10.6 Å². The molecule has 0 fully saturated rings. The van der Waals surface area contributed by atoms with Crippen LogP contribution >= 0.6 is 0 Å². The Hall–Kier alpha value is -3.08. The van der Waals surface area contributed by atoms with Crippen molar-refractivity contribution in [2.75, 3.05) is 11.9 Å². The molecule has 5 nitrogen and oxygen atoms in total. The molecule has 26 heavy (non-hydrogen) atoms. The third kappa shape index (κ3) is 4.30. The average molecular weight is 349 g/mol. The number of benzene rings is 2. The Morgan fingerprint density at radius 2 is 1.92 bits per heavy atom. The summed E-state index contributed by atoms with van der Waals surface area (Å²) in [5.74, 6) is -0.180. The van der Waals surface area contributed by atoms with Gasteiger partial charge < -0.3 is 15.6 Å². The highest BCUT2D eigenvalue weighted by molar-refractivity contribution is 5.97. The highest BCUT2D eigenvalue weighted by atomic mass is 16.2. The standard InChI is InChI=1S/C21H23N3O2/c1-2-22-21(26)15-7-5-9-17(13-15)24-20(25)12-6-8-16-14-23-19-11-4-3-10-18(16)19/h3-5,7,9-11,13-14,23H,2,6,8,12H2,1H3,(H,22,26)(H,24,25). The Morgan fingerprint density at radius 1 is 1.08 bits per heavy atom. The van der Waals surface area contributed by atoms with Crippen LogP contribution in [0.2, 0.25) is 0 Å². The maximum Gasteiger partial charge on any atom is 0.251 e. The summed E-state index contributed by atoms with van der Waals surface area (Å²) in [6.45, 7) is 2.44. The summed E-state index contributed by atoms with van der Waals surface area (Å²) >= 11 is 0. The Labute approximate surface area is 152 Å². The molecule has 3 rings (SSSR count). The number of aromatic nitrogens is 1. The van der Waals surface area contributed by atoms with E-state index in [2.05, 4.69) is 21.7 Å². The first kappa shape index (κ1) is 17.7. The number of nitrogens with one attached hydrogen (secondary N) is 3. The van der Waals surface area contributed by atoms with E-state index in [4.69, 9.17) is 0 Å². The number of carbonyl (C=O) groups excluding carboxylic acids is 2. The molecule has 2 aromatic carbocycles. The zero-order valence-corrected chi connectivity index (χ0v) is 14.8. The molecular weight excluding hydrogens is 326 g/mol. The van der Waals surface area contributed by atoms with Gasteiger partial charge in [-0.2, -0.15) is 0 Å². The number of H-pyrrole nitrogens is 1. The molecular formula is C21H23N3O2. The van der Waals surface area contributed by atoms with E-state index in [-0.39, 0.29) is 11.8 Å². The van der Waals surface area contributed by atoms with Crippen molar-refractivity contribution in [1.29, 1.82) is 0 Å². The molecule has 3 aromatic rings. The molecule has 2 amide bonds. The lowest BCUT2D eigenvalue weighted by Gasteiger charge is -2.07. The van der Waals surface area contributed by atoms with Gasteiger partial charge in [-0.3, -0.25) is 9.59 Å². The molecule has 0 aliphatic heterocycles. The second kappa shape index (κ2) is 8.34. The number of para-hydroxylation sites is 1. The van der Waals surface area contributed by atoms with Gasteiger partial charge in [-0.1, -0.05) is 24.3 Å². The van der Waals surface area contributed by atoms with Crippen LogP contribution in [0.1, 0.15) is 35.7 Å². The van der Waals surface area contributed by atoms with Crippen molar-refractivity contribution < 1.29 is 9.59 Å². The van der Waals surface area contributed by atoms with Crippen LogP contribution in [0.5, 0.6) is 0 Å². The lowest BCUT2D eigenvalue weighted by molar-refractivity contribution is -0.116. The van der Waals surface area contributed by atoms with Gasteiger partial charge in [-0.05, 0) is 49.6 Å². The number of rotatable bonds is 7. The lowest BCUT2D eigenvalue weighted by atomic mass is 10.1. The fourth-order valence-electron chi connectivity index (χ4n) is 3.00. The molecule has 1 aromatic heterocycles. The van der Waals surface area contributed by atoms with Crippen LogP contribution in [0.15, 0.2) is 54.7 Å². The largest absolute Gasteiger partial charge is 0.361 e. The molecule has 0 aliphatic carbocycles. The van der Waals surface area contributed by atoms with E-state index in [0.717, 1.165) is 18.4 Å². The summed E-state index contributed by atoms with van der Waals surface area (Å²) in [7, 11) is 0. The van der Waals surface area contributed by atoms with Gasteiger partial charge in [-0.15, -0.1) is 0 Å². The summed E-state index contributed by atoms with van der Waals surface area (Å²) in [6.07, 6.45) is 4.06. The zero-order chi connectivity index (χ0) is 18.4. The second-order valence-electron chi connectivity index (χ2n) is 6.20. The van der Waals surface area contributed by atoms with Crippen molar-refractivity contribution in [1.82, 2.24) is 10.3 Å². The van der Waals surface area contributed by atoms with E-state index < -0.39 is 0 Å². The SMILES string of the molecule is CCNC(=O)c1cccc(NC(=O)CCCc2c[nH]c3ccccc23)c1. The smallest absolute Gasteiger partial charge is 0.251 e. The van der Waals surface area contributed by atoms with Crippen LogP contribution in [-0.4, -0.2) is 23.3 Å². The van der Waals surface area contributed by atoms with E-state index in [1.807, 2.05) is 31.3 Å². The number of fused-ring (bicyclic) bond motifs is 1. The Morgan fingerprint density at radius 3 is 2.77 bits per heavy atom. The van der Waals surface area contributed by atoms with Gasteiger partial charge in [0.1, 0.15) is 0 Å². The molecule has 0 atom stereocenters. The Bertz CT molecular complexity index is 914. The second-order valence-corrected chi connectivity index (χ2v) is 6.20. The minimum Gasteiger partial charge on any atom is -0.361 e. The van der Waals surface area contributed by atoms with Gasteiger partial charge in [0.2, 0.25) is 5.91 Å². The van der Waals surface area contributed by atoms with Gasteiger partial charge in [0.05, 0.1) is 0 Å². The lowest BCUT2D eigenvalue weighted by Crippen LogP contribution is -2.22. The van der Waals surface area contributed by atoms with Gasteiger partial charge in [0.15, 0.2) is 0 Å². The van der Waals surface area contributed by atoms with Crippen LogP contribution in [-0.2, 0) is 11.2 Å². The van der Waals surface area contributed by atoms with Crippen molar-refractivity contribution in [3.8, 4) is 0 Å². The number of amides is 2. The fourth-order valence-corrected chi connectivity index (χ4v) is 3.00. The third-order valence-electron chi connectivity index (χ3n) is 4.27. The third-order valence-corrected chi connectivity index (χ3v) is 4.27. The molecule has 134 valence electrons. The van der Waals surface area contributed by atoms with Crippen LogP contribution in [0.3, 0.4) is 0 Å². The van der Waals surface area contributed by atoms with E-state index in [9.17, 15) is 9.59 Å². The van der Waals surface area contributed by atoms with Crippen molar-refractivity contribution in [2.45, 2.75) is 26.2 Å². The first-order chi connectivity index (χ1) is 12.7. The molecule has 0 radical (unpaired) electrons. The Kier molecular flexibility index (Phi) is 5.69. The van der Waals surface area contributed by atoms with Crippen LogP contribution in [0.4, 0.5) is 5.69 Å². The quantitative estimate of drug-likeness (QED) is 0.605. The normalized spacial score (nSPS) is 10.7. The molecule has 0 saturated heterocycles. The van der Waals surface area contributed by atoms with E-state index in [1.54, 1.807) is 24.3 Å². The predicted octanol–water partition coefficient (Wildman–Crippen LogP) is 3.88. The maximum absolute atomic E-state index is 12.2. The van der Waals surface area contributed by atoms with Crippen molar-refractivity contribution in [3.63, 3.8) is 0 Å². The first-order valence-electron chi connectivity index (χ1n) is 8.90. The number of anilines is 1. The van der Waals surface area contributed by atoms with E-state index in [0.29, 0.717) is 24.2 Å². The van der Waals surface area contributed by atoms with Gasteiger partial charge in [-0.25, -0.2) is 0 Å². The van der Waals surface area contributed by atoms with Crippen molar-refractivity contribution in [2.24, 2.45) is 0 Å². The molecule has 3 N–H and O–H groups in total. The highest BCUT2D eigenvalue weighted by Crippen LogP contribution is 2.19. The topological polar surface area (TPSA) is 74.0 Å². The number of hydrogen-bond donors (Lipinski definition) is 3. The fraction of sp³-hybridized carbons (Fsp3) is 0.238. The summed E-state index contributed by atoms with van der Waals surface area (Å²) in [5.41, 5.74) is 3.54. The van der Waals surface area contributed by atoms with Crippen molar-refractivity contribution in [3.05, 3.63) is 65.9 Å². The zero-order valence-electron chi connectivity index (χ0n) is 14.8. The molecule has 0 aliphatic rings. The number of hydrogen-bond acceptors (Lipinski definition) is 2. The number of carbonyl (C=O) groups is 2. The first-order valence-corrected chi connectivity index (χ1v) is 8.90. The minimum absolute atomic E-state index is 0.0436. The summed E-state index contributed by atoms with van der Waals surface area (Å²) in [5, 5.41) is 6.83. The van der Waals surface area contributed by atoms with Gasteiger partial charge in [0.25, 0.3) is 5.91 Å². The Balaban J connectivity index is 1.53. The number of aromatic amines is 1. The maximum atomic E-state index is 12.2. The average Bonchev–Trinajstić information content (AvgIpc) is 3.05. The molecule has 5 heteroatoms. The number of aryl methyl sites for hydroxylation is 1. The molecule has 0 spiro atoms. The molecule has 0 bridgehead atoms. The van der Waals surface area contributed by atoms with Gasteiger partial charge in [0, 0.05) is 41.3 Å². The molecule has 1 heterocycles. The molecule has 0 unspecified atom stereocenters. The predicted molar refractivity (Wildman–Crippen MR) is 104 cm³/mol. The summed E-state index contributed by atoms with van der Waals surface area (Å²) in [6, 6.07) is 15.2. The summed E-state index contributed by atoms with van der Waals surface area (Å²) < 4.78 is 0. The monoisotopic (exact) mass is 349 g/mol. The van der Waals surface area contributed by atoms with Crippen LogP contribution in [0.25, 0.3) is 10.9 Å². The van der Waals surface area contributed by atoms with Gasteiger partial charge >= 0.3 is 0 Å². The minimum atomic E-state index is -0.136. The van der Waals surface area contributed by atoms with E-state index in [1.165, 1.54) is 10.9 Å². The molecule has 0 saturated carbocycles.